The number of aromatic amines is 1. The summed E-state index contributed by atoms with van der Waals surface area (Å²) in [7, 11) is -2.95. The molecule has 20 heteroatoms. The van der Waals surface area contributed by atoms with Gasteiger partial charge in [0.25, 0.3) is 15.9 Å². The molecule has 1 amide bonds. The molecular formula is C32H26N10O9S. The van der Waals surface area contributed by atoms with Crippen LogP contribution in [-0.2, 0) is 10.0 Å². The van der Waals surface area contributed by atoms with Crippen LogP contribution < -0.4 is 33.3 Å². The molecule has 0 aliphatic carbocycles. The first-order valence-corrected chi connectivity index (χ1v) is 16.7. The quantitative estimate of drug-likeness (QED) is 0.152. The van der Waals surface area contributed by atoms with E-state index in [-0.39, 0.29) is 71.3 Å². The molecule has 2 aromatic carbocycles. The molecule has 4 aromatic heterocycles. The van der Waals surface area contributed by atoms with E-state index in [0.717, 1.165) is 4.90 Å². The number of nitrogens with one attached hydrogen (secondary N) is 2. The van der Waals surface area contributed by atoms with Crippen molar-refractivity contribution in [3.05, 3.63) is 85.2 Å². The zero-order valence-electron chi connectivity index (χ0n) is 26.9. The van der Waals surface area contributed by atoms with Gasteiger partial charge >= 0.3 is 6.09 Å². The van der Waals surface area contributed by atoms with Crippen molar-refractivity contribution in [2.75, 3.05) is 36.7 Å². The lowest BCUT2D eigenvalue weighted by Gasteiger charge is -2.20. The number of rotatable bonds is 13. The Morgan fingerprint density at radius 2 is 1.81 bits per heavy atom. The number of nitrogens with zero attached hydrogens (tertiary/aromatic N) is 8. The summed E-state index contributed by atoms with van der Waals surface area (Å²) in [5.74, 6) is 0.644. The van der Waals surface area contributed by atoms with E-state index in [2.05, 4.69) is 45.3 Å². The number of carbonyl (C=O) groups is 1. The summed E-state index contributed by atoms with van der Waals surface area (Å²) in [6.45, 7) is -0.534. The Balaban J connectivity index is 1.34. The average molecular weight is 727 g/mol. The van der Waals surface area contributed by atoms with Crippen molar-refractivity contribution in [1.29, 1.82) is 0 Å². The van der Waals surface area contributed by atoms with Crippen LogP contribution in [-0.4, -0.2) is 87.2 Å². The van der Waals surface area contributed by atoms with Crippen LogP contribution in [0.1, 0.15) is 0 Å². The molecule has 6 aromatic rings. The topological polar surface area (TPSA) is 239 Å². The highest BCUT2D eigenvalue weighted by molar-refractivity contribution is 7.92. The zero-order valence-corrected chi connectivity index (χ0v) is 27.7. The van der Waals surface area contributed by atoms with E-state index < -0.39 is 16.1 Å². The highest BCUT2D eigenvalue weighted by atomic mass is 32.2. The third-order valence-electron chi connectivity index (χ3n) is 7.32. The van der Waals surface area contributed by atoms with E-state index in [4.69, 9.17) is 23.7 Å². The van der Waals surface area contributed by atoms with Gasteiger partial charge in [0.1, 0.15) is 18.1 Å². The maximum absolute atomic E-state index is 13.9. The van der Waals surface area contributed by atoms with Crippen molar-refractivity contribution in [1.82, 2.24) is 40.6 Å². The Morgan fingerprint density at radius 1 is 0.981 bits per heavy atom. The van der Waals surface area contributed by atoms with Crippen LogP contribution in [0.25, 0.3) is 22.9 Å². The molecule has 0 spiro atoms. The maximum atomic E-state index is 13.9. The van der Waals surface area contributed by atoms with Crippen LogP contribution in [0.5, 0.6) is 34.6 Å². The fourth-order valence-electron chi connectivity index (χ4n) is 4.88. The number of benzene rings is 2. The fourth-order valence-corrected chi connectivity index (χ4v) is 5.90. The van der Waals surface area contributed by atoms with Crippen molar-refractivity contribution in [3.8, 4) is 57.5 Å². The Labute approximate surface area is 294 Å². The number of tetrazole rings is 1. The second kappa shape index (κ2) is 14.4. The number of anilines is 2. The number of hydrogen-bond donors (Lipinski definition) is 3. The number of H-pyrrole nitrogens is 1. The van der Waals surface area contributed by atoms with Gasteiger partial charge in [-0.25, -0.2) is 28.3 Å². The third-order valence-corrected chi connectivity index (χ3v) is 8.65. The molecule has 19 nitrogen and oxygen atoms in total. The number of carboxylic acid groups (broad SMARTS) is 1. The van der Waals surface area contributed by atoms with Gasteiger partial charge in [-0.15, -0.1) is 5.10 Å². The van der Waals surface area contributed by atoms with Crippen molar-refractivity contribution in [3.63, 3.8) is 0 Å². The van der Waals surface area contributed by atoms with E-state index in [0.29, 0.717) is 22.8 Å². The van der Waals surface area contributed by atoms with Crippen LogP contribution in [0, 0.1) is 0 Å². The molecule has 0 bridgehead atoms. The SMILES string of the molecule is COc1ccccc1Oc1c(NS(=O)(=O)c2ccc3c(c2)OCO3)nc(-c2ccnc(-c3nnn[nH]3)c2)nc1OCCN(C(=O)O)c1ccccn1. The number of amides is 1. The van der Waals surface area contributed by atoms with Gasteiger partial charge in [0.05, 0.1) is 18.6 Å². The van der Waals surface area contributed by atoms with Crippen LogP contribution in [0.4, 0.5) is 16.4 Å². The molecule has 0 radical (unpaired) electrons. The molecule has 5 heterocycles. The molecular weight excluding hydrogens is 700 g/mol. The molecule has 1 aliphatic rings. The largest absolute Gasteiger partial charge is 0.493 e. The second-order valence-corrected chi connectivity index (χ2v) is 12.2. The van der Waals surface area contributed by atoms with Crippen LogP contribution in [0.15, 0.2) is 90.1 Å². The number of fused-ring (bicyclic) bond motifs is 1. The highest BCUT2D eigenvalue weighted by Crippen LogP contribution is 2.42. The summed E-state index contributed by atoms with van der Waals surface area (Å²) in [5, 5.41) is 23.6. The minimum atomic E-state index is -4.39. The van der Waals surface area contributed by atoms with Crippen LogP contribution in [0.3, 0.4) is 0 Å². The molecule has 0 atom stereocenters. The Morgan fingerprint density at radius 3 is 2.58 bits per heavy atom. The van der Waals surface area contributed by atoms with E-state index in [1.807, 2.05) is 0 Å². The number of pyridine rings is 2. The smallest absolute Gasteiger partial charge is 0.413 e. The average Bonchev–Trinajstić information content (AvgIpc) is 3.88. The van der Waals surface area contributed by atoms with Crippen molar-refractivity contribution < 1.29 is 42.0 Å². The molecule has 0 saturated carbocycles. The fraction of sp³-hybridized carbons (Fsp3) is 0.125. The number of para-hydroxylation sites is 2. The van der Waals surface area contributed by atoms with Gasteiger partial charge in [-0.05, 0) is 59.0 Å². The number of hydrogen-bond acceptors (Lipinski definition) is 15. The van der Waals surface area contributed by atoms with Crippen LogP contribution >= 0.6 is 0 Å². The predicted molar refractivity (Wildman–Crippen MR) is 180 cm³/mol. The minimum Gasteiger partial charge on any atom is -0.493 e. The van der Waals surface area contributed by atoms with Crippen molar-refractivity contribution >= 4 is 27.8 Å². The first-order valence-electron chi connectivity index (χ1n) is 15.2. The van der Waals surface area contributed by atoms with Gasteiger partial charge in [0.2, 0.25) is 12.5 Å². The maximum Gasteiger partial charge on any atom is 0.413 e. The molecule has 52 heavy (non-hydrogen) atoms. The third kappa shape index (κ3) is 7.12. The van der Waals surface area contributed by atoms with Gasteiger partial charge in [-0.1, -0.05) is 18.2 Å². The number of methoxy groups -OCH3 is 1. The van der Waals surface area contributed by atoms with Gasteiger partial charge in [0, 0.05) is 24.0 Å². The van der Waals surface area contributed by atoms with Crippen molar-refractivity contribution in [2.24, 2.45) is 0 Å². The first-order chi connectivity index (χ1) is 25.3. The molecule has 0 unspecified atom stereocenters. The van der Waals surface area contributed by atoms with Crippen molar-refractivity contribution in [2.45, 2.75) is 4.90 Å². The van der Waals surface area contributed by atoms with Gasteiger partial charge < -0.3 is 28.8 Å². The van der Waals surface area contributed by atoms with Crippen LogP contribution in [0.2, 0.25) is 0 Å². The molecule has 1 aliphatic heterocycles. The van der Waals surface area contributed by atoms with E-state index in [1.165, 1.54) is 43.8 Å². The monoisotopic (exact) mass is 726 g/mol. The molecule has 0 saturated heterocycles. The summed E-state index contributed by atoms with van der Waals surface area (Å²) in [5.41, 5.74) is 0.692. The number of aromatic nitrogens is 8. The number of ether oxygens (including phenoxy) is 5. The summed E-state index contributed by atoms with van der Waals surface area (Å²) in [4.78, 5) is 30.5. The number of sulfonamides is 1. The van der Waals surface area contributed by atoms with E-state index >= 15 is 0 Å². The lowest BCUT2D eigenvalue weighted by Crippen LogP contribution is -2.34. The standard InChI is InChI=1S/C32H26N10O9S/c1-47-22-6-2-3-7-24(22)51-27-30(39-52(45,46)20-9-10-23-25(17-20)50-18-49-23)35-28(19-11-13-33-21(16-19)29-37-40-41-38-29)36-31(27)48-15-14-42(32(43)44)26-8-4-5-12-34-26/h2-13,16-17H,14-15,18H2,1H3,(H,43,44)(H,35,36,39)(H,37,38,40,41). The lowest BCUT2D eigenvalue weighted by molar-refractivity contribution is 0.174. The van der Waals surface area contributed by atoms with Gasteiger partial charge in [-0.3, -0.25) is 14.6 Å². The molecule has 264 valence electrons. The van der Waals surface area contributed by atoms with Gasteiger partial charge in [-0.2, -0.15) is 4.98 Å². The molecule has 7 rings (SSSR count). The zero-order chi connectivity index (χ0) is 36.1. The lowest BCUT2D eigenvalue weighted by atomic mass is 10.2. The molecule has 0 fully saturated rings. The summed E-state index contributed by atoms with van der Waals surface area (Å²) in [6, 6.07) is 18.7. The Hall–Kier alpha value is -7.09. The Kier molecular flexibility index (Phi) is 9.26. The summed E-state index contributed by atoms with van der Waals surface area (Å²) < 4.78 is 58.9. The minimum absolute atomic E-state index is 0.0262. The first kappa shape index (κ1) is 33.4. The molecule has 3 N–H and O–H groups in total. The Bertz CT molecular complexity index is 2330. The normalized spacial score (nSPS) is 11.9. The summed E-state index contributed by atoms with van der Waals surface area (Å²) >= 11 is 0. The van der Waals surface area contributed by atoms with E-state index in [9.17, 15) is 18.3 Å². The van der Waals surface area contributed by atoms with Gasteiger partial charge in [0.15, 0.2) is 40.5 Å². The highest BCUT2D eigenvalue weighted by Gasteiger charge is 2.28. The van der Waals surface area contributed by atoms with E-state index in [1.54, 1.807) is 48.5 Å². The second-order valence-electron chi connectivity index (χ2n) is 10.6. The predicted octanol–water partition coefficient (Wildman–Crippen LogP) is 4.01. The summed E-state index contributed by atoms with van der Waals surface area (Å²) in [6.07, 6.45) is 1.64.